The van der Waals surface area contributed by atoms with E-state index in [1.54, 1.807) is 36.9 Å². The van der Waals surface area contributed by atoms with Gasteiger partial charge in [-0.1, -0.05) is 48.9 Å². The molecule has 0 bridgehead atoms. The van der Waals surface area contributed by atoms with Crippen LogP contribution in [0.5, 0.6) is 0 Å². The van der Waals surface area contributed by atoms with Gasteiger partial charge in [0.25, 0.3) is 0 Å². The van der Waals surface area contributed by atoms with Crippen LogP contribution in [0.25, 0.3) is 33.3 Å². The van der Waals surface area contributed by atoms with Crippen molar-refractivity contribution in [3.63, 3.8) is 0 Å². The maximum absolute atomic E-state index is 7.13. The second kappa shape index (κ2) is 35.4. The molecule has 2 aromatic heterocycles. The average molecular weight is 573 g/mol. The fraction of sp³-hybridized carbons (Fsp3) is 0.400. The minimum absolute atomic E-state index is 0. The molecule has 0 unspecified atom stereocenters. The first-order chi connectivity index (χ1) is 15.9. The van der Waals surface area contributed by atoms with E-state index in [-0.39, 0.29) is 17.4 Å². The maximum Gasteiger partial charge on any atom is 3.00 e. The van der Waals surface area contributed by atoms with Gasteiger partial charge in [0, 0.05) is 24.8 Å². The van der Waals surface area contributed by atoms with Crippen LogP contribution in [0.15, 0.2) is 36.9 Å². The van der Waals surface area contributed by atoms with Crippen molar-refractivity contribution in [2.75, 3.05) is 26.2 Å². The molecular formula is C20H26CrN9S4. The number of hydrogen-bond donors (Lipinski definition) is 0. The first kappa shape index (κ1) is 42.0. The van der Waals surface area contributed by atoms with Gasteiger partial charge in [0.05, 0.1) is 26.2 Å². The molecule has 181 valence electrons. The van der Waals surface area contributed by atoms with Crippen LogP contribution in [0.1, 0.15) is 27.7 Å². The monoisotopic (exact) mass is 572 g/mol. The summed E-state index contributed by atoms with van der Waals surface area (Å²) in [7, 11) is 0. The number of quaternary nitrogens is 1. The molecule has 0 fully saturated rings. The smallest absolute Gasteiger partial charge is 0.753 e. The normalized spacial score (nSPS) is 7.53. The van der Waals surface area contributed by atoms with Crippen LogP contribution in [0.4, 0.5) is 0 Å². The molecule has 0 aliphatic rings. The first-order valence-electron chi connectivity index (χ1n) is 9.31. The fourth-order valence-electron chi connectivity index (χ4n) is 2.17. The van der Waals surface area contributed by atoms with E-state index in [0.29, 0.717) is 11.6 Å². The molecule has 2 heterocycles. The minimum Gasteiger partial charge on any atom is -0.753 e. The maximum atomic E-state index is 7.13. The van der Waals surface area contributed by atoms with E-state index in [1.807, 2.05) is 0 Å². The molecule has 0 atom stereocenters. The number of nitrogens with zero attached hydrogens (tertiary/aromatic N) is 9. The Balaban J connectivity index is -0.000000113. The Morgan fingerprint density at radius 3 is 0.882 bits per heavy atom. The van der Waals surface area contributed by atoms with Gasteiger partial charge in [0.1, 0.15) is 0 Å². The Bertz CT molecular complexity index is 725. The minimum atomic E-state index is 0. The van der Waals surface area contributed by atoms with Crippen molar-refractivity contribution in [1.29, 1.82) is 0 Å². The van der Waals surface area contributed by atoms with Crippen molar-refractivity contribution in [3.05, 3.63) is 58.6 Å². The third-order valence-corrected chi connectivity index (χ3v) is 4.01. The molecule has 34 heavy (non-hydrogen) atoms. The molecule has 14 heteroatoms. The summed E-state index contributed by atoms with van der Waals surface area (Å²) in [5.74, 6) is 1.11. The molecule has 1 radical (unpaired) electrons. The molecule has 0 saturated carbocycles. The summed E-state index contributed by atoms with van der Waals surface area (Å²) in [5.41, 5.74) is 0. The largest absolute Gasteiger partial charge is 3.00 e. The van der Waals surface area contributed by atoms with E-state index in [9.17, 15) is 0 Å². The zero-order valence-corrected chi connectivity index (χ0v) is 23.9. The fourth-order valence-corrected chi connectivity index (χ4v) is 2.17. The summed E-state index contributed by atoms with van der Waals surface area (Å²) in [4.78, 5) is 16.1. The summed E-state index contributed by atoms with van der Waals surface area (Å²) in [5, 5.41) is 33.9. The molecule has 0 aromatic carbocycles. The van der Waals surface area contributed by atoms with Crippen LogP contribution in [-0.4, -0.2) is 71.2 Å². The molecular weight excluding hydrogens is 547 g/mol. The molecule has 0 N–H and O–H groups in total. The van der Waals surface area contributed by atoms with Gasteiger partial charge in [-0.15, -0.1) is 0 Å². The zero-order valence-electron chi connectivity index (χ0n) is 19.4. The molecule has 0 saturated heterocycles. The van der Waals surface area contributed by atoms with Crippen LogP contribution in [0.2, 0.25) is 0 Å². The second-order valence-electron chi connectivity index (χ2n) is 5.12. The van der Waals surface area contributed by atoms with E-state index >= 15 is 0 Å². The number of isothiocyanates is 4. The van der Waals surface area contributed by atoms with Crippen LogP contribution in [0, 0.1) is 0 Å². The van der Waals surface area contributed by atoms with Gasteiger partial charge in [-0.25, -0.2) is 19.9 Å². The third-order valence-electron chi connectivity index (χ3n) is 4.01. The van der Waals surface area contributed by atoms with Gasteiger partial charge in [-0.2, -0.15) is 20.6 Å². The Kier molecular flexibility index (Phi) is 43.8. The summed E-state index contributed by atoms with van der Waals surface area (Å²) < 4.78 is 1.28. The summed E-state index contributed by atoms with van der Waals surface area (Å²) in [6.07, 6.45) is 6.66. The van der Waals surface area contributed by atoms with Crippen LogP contribution in [0.3, 0.4) is 0 Å². The van der Waals surface area contributed by atoms with Crippen molar-refractivity contribution in [2.24, 2.45) is 0 Å². The van der Waals surface area contributed by atoms with Crippen molar-refractivity contribution in [3.8, 4) is 11.6 Å². The number of thiocarbonyl (C=S) groups is 4. The standard InChI is InChI=1S/C8H6N4.C8H20N.4CNS.Cr/c1-3-9-7(10-4-1)8-11-5-2-6-12-8;1-5-9(6-2,7-3)8-4;4*2-1-3;/h1-6H;5-8H2,1-4H3;;;;;/q;+1;4*-1;+3. The summed E-state index contributed by atoms with van der Waals surface area (Å²) >= 11 is 14.8. The number of hydrogen-bond acceptors (Lipinski definition) is 8. The van der Waals surface area contributed by atoms with Crippen molar-refractivity contribution in [2.45, 2.75) is 27.7 Å². The second-order valence-corrected chi connectivity index (χ2v) is 5.85. The Morgan fingerprint density at radius 1 is 0.588 bits per heavy atom. The molecule has 2 aromatic rings. The third kappa shape index (κ3) is 27.9. The molecule has 9 nitrogen and oxygen atoms in total. The first-order valence-corrected chi connectivity index (χ1v) is 10.9. The van der Waals surface area contributed by atoms with E-state index in [1.165, 1.54) is 51.3 Å². The molecule has 2 rings (SSSR count). The average Bonchev–Trinajstić information content (AvgIpc) is 2.85. The topological polar surface area (TPSA) is 141 Å². The van der Waals surface area contributed by atoms with Gasteiger partial charge in [-0.05, 0) is 39.8 Å². The number of aromatic nitrogens is 4. The van der Waals surface area contributed by atoms with Gasteiger partial charge in [0.15, 0.2) is 11.6 Å². The van der Waals surface area contributed by atoms with Gasteiger partial charge in [0.2, 0.25) is 0 Å². The Morgan fingerprint density at radius 2 is 0.765 bits per heavy atom. The van der Waals surface area contributed by atoms with Gasteiger partial charge >= 0.3 is 17.4 Å². The quantitative estimate of drug-likeness (QED) is 0.262. The van der Waals surface area contributed by atoms with E-state index in [2.05, 4.69) is 96.5 Å². The van der Waals surface area contributed by atoms with Crippen molar-refractivity contribution < 1.29 is 21.8 Å². The Hall–Kier alpha value is -2.15. The zero-order chi connectivity index (χ0) is 26.4. The summed E-state index contributed by atoms with van der Waals surface area (Å²) in [6.45, 7) is 14.2. The Labute approximate surface area is 234 Å². The predicted octanol–water partition coefficient (Wildman–Crippen LogP) is 5.45. The van der Waals surface area contributed by atoms with Crippen molar-refractivity contribution >= 4 is 69.5 Å². The van der Waals surface area contributed by atoms with Gasteiger partial charge in [-0.3, -0.25) is 0 Å². The van der Waals surface area contributed by atoms with Crippen LogP contribution in [-0.2, 0) is 17.4 Å². The van der Waals surface area contributed by atoms with E-state index in [4.69, 9.17) is 21.6 Å². The predicted molar refractivity (Wildman–Crippen MR) is 149 cm³/mol. The number of rotatable bonds is 5. The summed E-state index contributed by atoms with van der Waals surface area (Å²) in [6, 6.07) is 3.51. The van der Waals surface area contributed by atoms with E-state index < -0.39 is 0 Å². The van der Waals surface area contributed by atoms with Crippen LogP contribution < -0.4 is 0 Å². The van der Waals surface area contributed by atoms with E-state index in [0.717, 1.165) is 0 Å². The van der Waals surface area contributed by atoms with Crippen molar-refractivity contribution in [1.82, 2.24) is 19.9 Å². The molecule has 0 amide bonds. The molecule has 0 aliphatic heterocycles. The molecule has 0 spiro atoms. The molecule has 0 aliphatic carbocycles. The van der Waals surface area contributed by atoms with Gasteiger partial charge < -0.3 is 26.1 Å². The van der Waals surface area contributed by atoms with Crippen LogP contribution >= 0.6 is 48.9 Å². The SMILES string of the molecule is CC[N+](CC)(CC)CC.[Cr+3].[N-]=C=S.[N-]=C=S.[N-]=C=S.[N-]=C=S.c1cnc(-c2ncccn2)nc1.